The van der Waals surface area contributed by atoms with E-state index in [1.54, 1.807) is 12.4 Å². The quantitative estimate of drug-likeness (QED) is 0.771. The molecule has 0 radical (unpaired) electrons. The molecule has 0 aliphatic carbocycles. The minimum Gasteiger partial charge on any atom is -0.476 e. The molecule has 0 fully saturated rings. The molecule has 0 spiro atoms. The zero-order valence-electron chi connectivity index (χ0n) is 10.7. The van der Waals surface area contributed by atoms with Gasteiger partial charge in [-0.25, -0.2) is 9.78 Å². The van der Waals surface area contributed by atoms with Crippen molar-refractivity contribution in [1.82, 2.24) is 15.0 Å². The van der Waals surface area contributed by atoms with Crippen LogP contribution in [0.4, 0.5) is 0 Å². The maximum atomic E-state index is 11.0. The van der Waals surface area contributed by atoms with E-state index >= 15 is 0 Å². The van der Waals surface area contributed by atoms with Crippen LogP contribution in [0.15, 0.2) is 42.9 Å². The monoisotopic (exact) mass is 265 g/mol. The van der Waals surface area contributed by atoms with Crippen LogP contribution in [0.25, 0.3) is 22.2 Å². The number of hydrogen-bond donors (Lipinski definition) is 1. The summed E-state index contributed by atoms with van der Waals surface area (Å²) >= 11 is 0. The van der Waals surface area contributed by atoms with Gasteiger partial charge in [0.25, 0.3) is 0 Å². The molecule has 0 saturated carbocycles. The molecule has 98 valence electrons. The molecule has 3 aromatic rings. The Labute approximate surface area is 115 Å². The third-order valence-electron chi connectivity index (χ3n) is 3.10. The fourth-order valence-electron chi connectivity index (χ4n) is 2.14. The number of nitrogens with zero attached hydrogens (tertiary/aromatic N) is 3. The summed E-state index contributed by atoms with van der Waals surface area (Å²) in [5.74, 6) is -1.09. The molecule has 2 heterocycles. The zero-order chi connectivity index (χ0) is 14.1. The first-order valence-corrected chi connectivity index (χ1v) is 6.07. The third-order valence-corrected chi connectivity index (χ3v) is 3.10. The molecular formula is C15H11N3O2. The number of aromatic carboxylic acids is 1. The Balaban J connectivity index is 2.27. The number of pyridine rings is 1. The van der Waals surface area contributed by atoms with Crippen LogP contribution in [0.5, 0.6) is 0 Å². The second kappa shape index (κ2) is 4.70. The molecule has 2 aromatic heterocycles. The molecule has 0 bridgehead atoms. The van der Waals surface area contributed by atoms with E-state index in [9.17, 15) is 4.79 Å². The molecule has 1 aromatic carbocycles. The van der Waals surface area contributed by atoms with Crippen LogP contribution in [-0.4, -0.2) is 26.0 Å². The number of carboxylic acid groups (broad SMARTS) is 1. The van der Waals surface area contributed by atoms with Gasteiger partial charge < -0.3 is 5.11 Å². The number of benzene rings is 1. The van der Waals surface area contributed by atoms with E-state index in [-0.39, 0.29) is 5.69 Å². The van der Waals surface area contributed by atoms with Gasteiger partial charge in [0, 0.05) is 17.1 Å². The standard InChI is InChI=1S/C15H11N3O2/c1-9-4-5-10(11-3-2-6-17-14(9)11)12-7-16-8-13(18-12)15(19)20/h2-8H,1H3,(H,19,20). The topological polar surface area (TPSA) is 76.0 Å². The van der Waals surface area contributed by atoms with Crippen molar-refractivity contribution < 1.29 is 9.90 Å². The zero-order valence-corrected chi connectivity index (χ0v) is 10.7. The molecule has 0 unspecified atom stereocenters. The molecular weight excluding hydrogens is 254 g/mol. The molecule has 0 saturated heterocycles. The van der Waals surface area contributed by atoms with Gasteiger partial charge in [0.15, 0.2) is 5.69 Å². The van der Waals surface area contributed by atoms with Gasteiger partial charge in [0.2, 0.25) is 0 Å². The molecule has 3 rings (SSSR count). The highest BCUT2D eigenvalue weighted by Gasteiger charge is 2.11. The predicted molar refractivity (Wildman–Crippen MR) is 74.5 cm³/mol. The lowest BCUT2D eigenvalue weighted by Crippen LogP contribution is -2.02. The van der Waals surface area contributed by atoms with Crippen LogP contribution < -0.4 is 0 Å². The van der Waals surface area contributed by atoms with Crippen molar-refractivity contribution in [2.75, 3.05) is 0 Å². The number of hydrogen-bond acceptors (Lipinski definition) is 4. The van der Waals surface area contributed by atoms with Crippen molar-refractivity contribution in [3.63, 3.8) is 0 Å². The largest absolute Gasteiger partial charge is 0.476 e. The van der Waals surface area contributed by atoms with Crippen LogP contribution in [0.2, 0.25) is 0 Å². The van der Waals surface area contributed by atoms with Crippen molar-refractivity contribution in [1.29, 1.82) is 0 Å². The molecule has 0 aliphatic rings. The normalized spacial score (nSPS) is 10.7. The molecule has 20 heavy (non-hydrogen) atoms. The number of carboxylic acids is 1. The maximum absolute atomic E-state index is 11.0. The third kappa shape index (κ3) is 1.99. The summed E-state index contributed by atoms with van der Waals surface area (Å²) in [5.41, 5.74) is 3.23. The Morgan fingerprint density at radius 3 is 2.85 bits per heavy atom. The van der Waals surface area contributed by atoms with Gasteiger partial charge in [-0.1, -0.05) is 18.2 Å². The van der Waals surface area contributed by atoms with Gasteiger partial charge in [-0.3, -0.25) is 9.97 Å². The van der Waals surface area contributed by atoms with E-state index in [2.05, 4.69) is 15.0 Å². The number of aromatic nitrogens is 3. The van der Waals surface area contributed by atoms with Gasteiger partial charge >= 0.3 is 5.97 Å². The van der Waals surface area contributed by atoms with Crippen LogP contribution in [0.3, 0.4) is 0 Å². The SMILES string of the molecule is Cc1ccc(-c2cncc(C(=O)O)n2)c2cccnc12. The van der Waals surface area contributed by atoms with E-state index in [1.165, 1.54) is 6.20 Å². The fraction of sp³-hybridized carbons (Fsp3) is 0.0667. The van der Waals surface area contributed by atoms with E-state index in [4.69, 9.17) is 5.11 Å². The number of carbonyl (C=O) groups is 1. The first-order valence-electron chi connectivity index (χ1n) is 6.07. The second-order valence-electron chi connectivity index (χ2n) is 4.42. The van der Waals surface area contributed by atoms with Crippen LogP contribution >= 0.6 is 0 Å². The first kappa shape index (κ1) is 12.2. The highest BCUT2D eigenvalue weighted by atomic mass is 16.4. The van der Waals surface area contributed by atoms with Crippen LogP contribution in [-0.2, 0) is 0 Å². The van der Waals surface area contributed by atoms with E-state index in [1.807, 2.05) is 31.2 Å². The number of fused-ring (bicyclic) bond motifs is 1. The molecule has 1 N–H and O–H groups in total. The highest BCUT2D eigenvalue weighted by molar-refractivity contribution is 5.95. The summed E-state index contributed by atoms with van der Waals surface area (Å²) in [5, 5.41) is 9.93. The Hall–Kier alpha value is -2.82. The van der Waals surface area contributed by atoms with E-state index in [0.717, 1.165) is 22.0 Å². The van der Waals surface area contributed by atoms with Gasteiger partial charge in [-0.15, -0.1) is 0 Å². The molecule has 0 atom stereocenters. The van der Waals surface area contributed by atoms with Crippen molar-refractivity contribution in [3.05, 3.63) is 54.1 Å². The van der Waals surface area contributed by atoms with Crippen molar-refractivity contribution in [2.24, 2.45) is 0 Å². The van der Waals surface area contributed by atoms with Crippen LogP contribution in [0, 0.1) is 6.92 Å². The minimum absolute atomic E-state index is 0.0693. The average Bonchev–Trinajstić information content (AvgIpc) is 2.48. The summed E-state index contributed by atoms with van der Waals surface area (Å²) in [7, 11) is 0. The number of aryl methyl sites for hydroxylation is 1. The van der Waals surface area contributed by atoms with Gasteiger partial charge in [-0.05, 0) is 18.6 Å². The summed E-state index contributed by atoms with van der Waals surface area (Å²) < 4.78 is 0. The lowest BCUT2D eigenvalue weighted by atomic mass is 10.0. The highest BCUT2D eigenvalue weighted by Crippen LogP contribution is 2.27. The van der Waals surface area contributed by atoms with Gasteiger partial charge in [0.05, 0.1) is 23.6 Å². The van der Waals surface area contributed by atoms with E-state index in [0.29, 0.717) is 5.69 Å². The molecule has 5 nitrogen and oxygen atoms in total. The molecule has 0 amide bonds. The van der Waals surface area contributed by atoms with Crippen LogP contribution in [0.1, 0.15) is 16.1 Å². The first-order chi connectivity index (χ1) is 9.66. The summed E-state index contributed by atoms with van der Waals surface area (Å²) in [6, 6.07) is 7.65. The summed E-state index contributed by atoms with van der Waals surface area (Å²) in [4.78, 5) is 23.4. The summed E-state index contributed by atoms with van der Waals surface area (Å²) in [6.07, 6.45) is 4.53. The molecule has 5 heteroatoms. The predicted octanol–water partition coefficient (Wildman–Crippen LogP) is 2.70. The molecule has 0 aliphatic heterocycles. The van der Waals surface area contributed by atoms with Crippen molar-refractivity contribution in [2.45, 2.75) is 6.92 Å². The average molecular weight is 265 g/mol. The van der Waals surface area contributed by atoms with Crippen molar-refractivity contribution >= 4 is 16.9 Å². The minimum atomic E-state index is -1.09. The Kier molecular flexibility index (Phi) is 2.87. The Morgan fingerprint density at radius 2 is 2.05 bits per heavy atom. The lowest BCUT2D eigenvalue weighted by molar-refractivity contribution is 0.0690. The van der Waals surface area contributed by atoms with Gasteiger partial charge in [-0.2, -0.15) is 0 Å². The number of rotatable bonds is 2. The Morgan fingerprint density at radius 1 is 1.20 bits per heavy atom. The fourth-order valence-corrected chi connectivity index (χ4v) is 2.14. The van der Waals surface area contributed by atoms with Crippen molar-refractivity contribution in [3.8, 4) is 11.3 Å². The Bertz CT molecular complexity index is 815. The lowest BCUT2D eigenvalue weighted by Gasteiger charge is -2.07. The maximum Gasteiger partial charge on any atom is 0.356 e. The smallest absolute Gasteiger partial charge is 0.356 e. The van der Waals surface area contributed by atoms with Gasteiger partial charge in [0.1, 0.15) is 0 Å². The summed E-state index contributed by atoms with van der Waals surface area (Å²) in [6.45, 7) is 1.98. The van der Waals surface area contributed by atoms with E-state index < -0.39 is 5.97 Å². The second-order valence-corrected chi connectivity index (χ2v) is 4.42.